The Morgan fingerprint density at radius 1 is 1.21 bits per heavy atom. The first-order valence-corrected chi connectivity index (χ1v) is 5.45. The first kappa shape index (κ1) is 11.3. The molecule has 0 spiro atoms. The second kappa shape index (κ2) is 5.16. The molecule has 0 saturated heterocycles. The Hall–Kier alpha value is -0.820. The van der Waals surface area contributed by atoms with Crippen LogP contribution in [0, 0.1) is 13.8 Å². The van der Waals surface area contributed by atoms with E-state index in [4.69, 9.17) is 5.73 Å². The molecule has 0 aliphatic carbocycles. The van der Waals surface area contributed by atoms with E-state index in [9.17, 15) is 0 Å². The second-order valence-corrected chi connectivity index (χ2v) is 4.17. The van der Waals surface area contributed by atoms with Crippen LogP contribution in [0.25, 0.3) is 0 Å². The van der Waals surface area contributed by atoms with Gasteiger partial charge < -0.3 is 5.73 Å². The number of rotatable bonds is 4. The Labute approximate surface area is 87.3 Å². The SMILES string of the molecule is CCC[C@@H](N)Cc1ccc(C)c(C)c1. The van der Waals surface area contributed by atoms with Gasteiger partial charge in [0.2, 0.25) is 0 Å². The number of hydrogen-bond acceptors (Lipinski definition) is 1. The Balaban J connectivity index is 2.63. The summed E-state index contributed by atoms with van der Waals surface area (Å²) in [6, 6.07) is 6.95. The minimum Gasteiger partial charge on any atom is -0.327 e. The van der Waals surface area contributed by atoms with Gasteiger partial charge in [-0.15, -0.1) is 0 Å². The van der Waals surface area contributed by atoms with Crippen LogP contribution in [0.4, 0.5) is 0 Å². The molecule has 0 bridgehead atoms. The molecule has 0 radical (unpaired) electrons. The molecule has 1 rings (SSSR count). The van der Waals surface area contributed by atoms with Crippen LogP contribution >= 0.6 is 0 Å². The zero-order valence-electron chi connectivity index (χ0n) is 9.51. The molecule has 0 saturated carbocycles. The maximum atomic E-state index is 6.00. The molecule has 1 aromatic rings. The van der Waals surface area contributed by atoms with Gasteiger partial charge in [-0.3, -0.25) is 0 Å². The molecule has 2 N–H and O–H groups in total. The Kier molecular flexibility index (Phi) is 4.15. The van der Waals surface area contributed by atoms with Crippen LogP contribution in [0.15, 0.2) is 18.2 Å². The summed E-state index contributed by atoms with van der Waals surface area (Å²) < 4.78 is 0. The normalized spacial score (nSPS) is 12.9. The fourth-order valence-electron chi connectivity index (χ4n) is 1.71. The van der Waals surface area contributed by atoms with Crippen molar-refractivity contribution in [2.75, 3.05) is 0 Å². The summed E-state index contributed by atoms with van der Waals surface area (Å²) in [5, 5.41) is 0. The van der Waals surface area contributed by atoms with Crippen LogP contribution in [0.1, 0.15) is 36.5 Å². The Bertz CT molecular complexity index is 291. The van der Waals surface area contributed by atoms with E-state index >= 15 is 0 Å². The van der Waals surface area contributed by atoms with Crippen molar-refractivity contribution in [3.05, 3.63) is 34.9 Å². The fraction of sp³-hybridized carbons (Fsp3) is 0.538. The van der Waals surface area contributed by atoms with Crippen molar-refractivity contribution in [1.82, 2.24) is 0 Å². The maximum Gasteiger partial charge on any atom is 0.00792 e. The molecule has 1 aromatic carbocycles. The van der Waals surface area contributed by atoms with Crippen molar-refractivity contribution < 1.29 is 0 Å². The van der Waals surface area contributed by atoms with Gasteiger partial charge in [-0.25, -0.2) is 0 Å². The highest BCUT2D eigenvalue weighted by Gasteiger charge is 2.03. The summed E-state index contributed by atoms with van der Waals surface area (Å²) in [4.78, 5) is 0. The van der Waals surface area contributed by atoms with Gasteiger partial charge in [-0.1, -0.05) is 31.5 Å². The molecule has 0 unspecified atom stereocenters. The average Bonchev–Trinajstić information content (AvgIpc) is 2.12. The molecule has 14 heavy (non-hydrogen) atoms. The highest BCUT2D eigenvalue weighted by atomic mass is 14.6. The predicted molar refractivity (Wildman–Crippen MR) is 62.5 cm³/mol. The summed E-state index contributed by atoms with van der Waals surface area (Å²) in [7, 11) is 0. The van der Waals surface area contributed by atoms with Gasteiger partial charge in [0, 0.05) is 6.04 Å². The van der Waals surface area contributed by atoms with E-state index < -0.39 is 0 Å². The molecule has 78 valence electrons. The first-order valence-electron chi connectivity index (χ1n) is 5.45. The molecule has 0 amide bonds. The first-order chi connectivity index (χ1) is 6.63. The van der Waals surface area contributed by atoms with Gasteiger partial charge in [0.05, 0.1) is 0 Å². The van der Waals surface area contributed by atoms with Crippen LogP contribution in [0.3, 0.4) is 0 Å². The van der Waals surface area contributed by atoms with Crippen molar-refractivity contribution in [3.8, 4) is 0 Å². The molecular weight excluding hydrogens is 170 g/mol. The average molecular weight is 191 g/mol. The topological polar surface area (TPSA) is 26.0 Å². The van der Waals surface area contributed by atoms with E-state index in [0.717, 1.165) is 12.8 Å². The molecule has 0 aliphatic heterocycles. The van der Waals surface area contributed by atoms with E-state index in [2.05, 4.69) is 39.0 Å². The molecule has 0 heterocycles. The molecule has 1 atom stereocenters. The van der Waals surface area contributed by atoms with Gasteiger partial charge >= 0.3 is 0 Å². The van der Waals surface area contributed by atoms with Crippen LogP contribution in [-0.2, 0) is 6.42 Å². The third-order valence-electron chi connectivity index (χ3n) is 2.73. The lowest BCUT2D eigenvalue weighted by Crippen LogP contribution is -2.22. The van der Waals surface area contributed by atoms with Crippen LogP contribution in [0.2, 0.25) is 0 Å². The number of benzene rings is 1. The third-order valence-corrected chi connectivity index (χ3v) is 2.73. The minimum atomic E-state index is 0.321. The monoisotopic (exact) mass is 191 g/mol. The van der Waals surface area contributed by atoms with E-state index in [1.54, 1.807) is 0 Å². The number of hydrogen-bond donors (Lipinski definition) is 1. The molecule has 0 aromatic heterocycles. The third kappa shape index (κ3) is 3.15. The van der Waals surface area contributed by atoms with E-state index in [1.165, 1.54) is 23.1 Å². The molecule has 1 nitrogen and oxygen atoms in total. The Morgan fingerprint density at radius 3 is 2.50 bits per heavy atom. The smallest absolute Gasteiger partial charge is 0.00792 e. The lowest BCUT2D eigenvalue weighted by molar-refractivity contribution is 0.600. The predicted octanol–water partition coefficient (Wildman–Crippen LogP) is 2.97. The van der Waals surface area contributed by atoms with Crippen molar-refractivity contribution in [3.63, 3.8) is 0 Å². The van der Waals surface area contributed by atoms with Gasteiger partial charge in [-0.05, 0) is 43.4 Å². The minimum absolute atomic E-state index is 0.321. The summed E-state index contributed by atoms with van der Waals surface area (Å²) >= 11 is 0. The van der Waals surface area contributed by atoms with Crippen molar-refractivity contribution in [2.24, 2.45) is 5.73 Å². The quantitative estimate of drug-likeness (QED) is 0.778. The number of nitrogens with two attached hydrogens (primary N) is 1. The second-order valence-electron chi connectivity index (χ2n) is 4.17. The highest BCUT2D eigenvalue weighted by Crippen LogP contribution is 2.12. The largest absolute Gasteiger partial charge is 0.327 e. The van der Waals surface area contributed by atoms with Crippen molar-refractivity contribution in [2.45, 2.75) is 46.1 Å². The van der Waals surface area contributed by atoms with E-state index in [-0.39, 0.29) is 0 Å². The van der Waals surface area contributed by atoms with Gasteiger partial charge in [0.25, 0.3) is 0 Å². The van der Waals surface area contributed by atoms with E-state index in [1.807, 2.05) is 0 Å². The maximum absolute atomic E-state index is 6.00. The molecule has 0 aliphatic rings. The molecule has 0 fully saturated rings. The lowest BCUT2D eigenvalue weighted by Gasteiger charge is -2.11. The van der Waals surface area contributed by atoms with Crippen LogP contribution in [0.5, 0.6) is 0 Å². The van der Waals surface area contributed by atoms with Crippen LogP contribution < -0.4 is 5.73 Å². The zero-order chi connectivity index (χ0) is 10.6. The van der Waals surface area contributed by atoms with Crippen LogP contribution in [-0.4, -0.2) is 6.04 Å². The fourth-order valence-corrected chi connectivity index (χ4v) is 1.71. The van der Waals surface area contributed by atoms with Crippen molar-refractivity contribution in [1.29, 1.82) is 0 Å². The zero-order valence-corrected chi connectivity index (χ0v) is 9.51. The summed E-state index contributed by atoms with van der Waals surface area (Å²) in [6.45, 7) is 6.48. The standard InChI is InChI=1S/C13H21N/c1-4-5-13(14)9-12-7-6-10(2)11(3)8-12/h6-8,13H,4-5,9,14H2,1-3H3/t13-/m1/s1. The summed E-state index contributed by atoms with van der Waals surface area (Å²) in [6.07, 6.45) is 3.30. The van der Waals surface area contributed by atoms with Gasteiger partial charge in [0.15, 0.2) is 0 Å². The summed E-state index contributed by atoms with van der Waals surface area (Å²) in [5.74, 6) is 0. The molecule has 1 heteroatoms. The summed E-state index contributed by atoms with van der Waals surface area (Å²) in [5.41, 5.74) is 10.1. The molecular formula is C13H21N. The van der Waals surface area contributed by atoms with Gasteiger partial charge in [-0.2, -0.15) is 0 Å². The highest BCUT2D eigenvalue weighted by molar-refractivity contribution is 5.30. The van der Waals surface area contributed by atoms with Crippen molar-refractivity contribution >= 4 is 0 Å². The Morgan fingerprint density at radius 2 is 1.93 bits per heavy atom. The lowest BCUT2D eigenvalue weighted by atomic mass is 9.99. The number of aryl methyl sites for hydroxylation is 2. The van der Waals surface area contributed by atoms with Gasteiger partial charge in [0.1, 0.15) is 0 Å². The van der Waals surface area contributed by atoms with E-state index in [0.29, 0.717) is 6.04 Å².